The molecule has 3 rings (SSSR count). The summed E-state index contributed by atoms with van der Waals surface area (Å²) in [7, 11) is 0. The first-order chi connectivity index (χ1) is 9.34. The van der Waals surface area contributed by atoms with Gasteiger partial charge in [0.15, 0.2) is 0 Å². The first kappa shape index (κ1) is 12.0. The molecule has 94 valence electrons. The fraction of sp³-hybridized carbons (Fsp3) is 0.0667. The van der Waals surface area contributed by atoms with E-state index in [-0.39, 0.29) is 0 Å². The monoisotopic (exact) mass is 268 g/mol. The molecule has 0 aliphatic heterocycles. The lowest BCUT2D eigenvalue weighted by atomic mass is 10.0. The van der Waals surface area contributed by atoms with E-state index in [1.54, 1.807) is 5.38 Å². The lowest BCUT2D eigenvalue weighted by Gasteiger charge is -2.08. The van der Waals surface area contributed by atoms with E-state index in [2.05, 4.69) is 21.7 Å². The topological polar surface area (TPSA) is 46.0 Å². The third kappa shape index (κ3) is 2.54. The molecule has 2 aromatic carbocycles. The molecule has 0 amide bonds. The Morgan fingerprint density at radius 1 is 0.895 bits per heavy atom. The second-order valence-corrected chi connectivity index (χ2v) is 4.83. The van der Waals surface area contributed by atoms with Gasteiger partial charge in [-0.3, -0.25) is 0 Å². The summed E-state index contributed by atoms with van der Waals surface area (Å²) in [4.78, 5) is 0. The zero-order valence-electron chi connectivity index (χ0n) is 10.1. The molecule has 1 unspecified atom stereocenters. The number of aliphatic hydroxyl groups is 1. The molecule has 4 heteroatoms. The van der Waals surface area contributed by atoms with Gasteiger partial charge in [-0.2, -0.15) is 0 Å². The zero-order valence-corrected chi connectivity index (χ0v) is 10.9. The van der Waals surface area contributed by atoms with E-state index in [0.29, 0.717) is 5.69 Å². The molecule has 3 nitrogen and oxygen atoms in total. The number of nitrogens with zero attached hydrogens (tertiary/aromatic N) is 2. The zero-order chi connectivity index (χ0) is 13.1. The van der Waals surface area contributed by atoms with Crippen LogP contribution in [0.1, 0.15) is 17.4 Å². The molecule has 0 saturated carbocycles. The summed E-state index contributed by atoms with van der Waals surface area (Å²) < 4.78 is 3.77. The summed E-state index contributed by atoms with van der Waals surface area (Å²) in [5.74, 6) is 0. The summed E-state index contributed by atoms with van der Waals surface area (Å²) in [5, 5.41) is 15.8. The van der Waals surface area contributed by atoms with Crippen LogP contribution in [0.2, 0.25) is 0 Å². The summed E-state index contributed by atoms with van der Waals surface area (Å²) in [6, 6.07) is 18.0. The van der Waals surface area contributed by atoms with Crippen LogP contribution in [0.25, 0.3) is 11.1 Å². The Morgan fingerprint density at radius 2 is 1.58 bits per heavy atom. The molecule has 0 aliphatic carbocycles. The number of hydrogen-bond acceptors (Lipinski definition) is 4. The fourth-order valence-electron chi connectivity index (χ4n) is 1.95. The lowest BCUT2D eigenvalue weighted by Crippen LogP contribution is -1.99. The van der Waals surface area contributed by atoms with Crippen LogP contribution in [0.4, 0.5) is 0 Å². The molecule has 19 heavy (non-hydrogen) atoms. The molecular formula is C15H12N2OS. The van der Waals surface area contributed by atoms with Crippen molar-refractivity contribution in [3.63, 3.8) is 0 Å². The molecule has 0 bridgehead atoms. The smallest absolute Gasteiger partial charge is 0.124 e. The average Bonchev–Trinajstić information content (AvgIpc) is 3.02. The predicted molar refractivity (Wildman–Crippen MR) is 75.8 cm³/mol. The third-order valence-corrected chi connectivity index (χ3v) is 3.51. The highest BCUT2D eigenvalue weighted by molar-refractivity contribution is 7.03. The van der Waals surface area contributed by atoms with Gasteiger partial charge < -0.3 is 5.11 Å². The molecule has 0 fully saturated rings. The van der Waals surface area contributed by atoms with Gasteiger partial charge in [0.25, 0.3) is 0 Å². The van der Waals surface area contributed by atoms with Crippen LogP contribution < -0.4 is 0 Å². The maximum atomic E-state index is 10.1. The van der Waals surface area contributed by atoms with Gasteiger partial charge in [0.05, 0.1) is 0 Å². The van der Waals surface area contributed by atoms with Gasteiger partial charge in [0.1, 0.15) is 11.8 Å². The summed E-state index contributed by atoms with van der Waals surface area (Å²) in [6.45, 7) is 0. The maximum Gasteiger partial charge on any atom is 0.124 e. The highest BCUT2D eigenvalue weighted by Gasteiger charge is 2.12. The second-order valence-electron chi connectivity index (χ2n) is 4.22. The van der Waals surface area contributed by atoms with E-state index in [4.69, 9.17) is 0 Å². The average molecular weight is 268 g/mol. The number of aliphatic hydroxyl groups excluding tert-OH is 1. The molecule has 1 aromatic heterocycles. The molecule has 0 aliphatic rings. The van der Waals surface area contributed by atoms with Crippen molar-refractivity contribution in [2.75, 3.05) is 0 Å². The molecular weight excluding hydrogens is 256 g/mol. The van der Waals surface area contributed by atoms with E-state index < -0.39 is 6.10 Å². The Labute approximate surface area is 115 Å². The van der Waals surface area contributed by atoms with Gasteiger partial charge >= 0.3 is 0 Å². The highest BCUT2D eigenvalue weighted by Crippen LogP contribution is 2.24. The molecule has 1 N–H and O–H groups in total. The van der Waals surface area contributed by atoms with Crippen molar-refractivity contribution >= 4 is 11.5 Å². The van der Waals surface area contributed by atoms with E-state index in [1.165, 1.54) is 17.1 Å². The van der Waals surface area contributed by atoms with Crippen molar-refractivity contribution in [3.8, 4) is 11.1 Å². The summed E-state index contributed by atoms with van der Waals surface area (Å²) in [6.07, 6.45) is -0.705. The van der Waals surface area contributed by atoms with Crippen LogP contribution in [0.5, 0.6) is 0 Å². The van der Waals surface area contributed by atoms with Crippen LogP contribution in [0, 0.1) is 0 Å². The first-order valence-corrected chi connectivity index (χ1v) is 6.78. The number of benzene rings is 2. The van der Waals surface area contributed by atoms with Crippen LogP contribution in [-0.2, 0) is 0 Å². The van der Waals surface area contributed by atoms with Crippen LogP contribution >= 0.6 is 11.5 Å². The largest absolute Gasteiger partial charge is 0.382 e. The minimum Gasteiger partial charge on any atom is -0.382 e. The predicted octanol–water partition coefficient (Wildman–Crippen LogP) is 3.29. The van der Waals surface area contributed by atoms with Crippen molar-refractivity contribution in [2.24, 2.45) is 0 Å². The Balaban J connectivity index is 1.87. The molecule has 0 radical (unpaired) electrons. The van der Waals surface area contributed by atoms with Crippen molar-refractivity contribution in [2.45, 2.75) is 6.10 Å². The Kier molecular flexibility index (Phi) is 3.35. The van der Waals surface area contributed by atoms with Crippen LogP contribution in [0.3, 0.4) is 0 Å². The normalized spacial score (nSPS) is 12.3. The van der Waals surface area contributed by atoms with Crippen molar-refractivity contribution in [1.29, 1.82) is 0 Å². The maximum absolute atomic E-state index is 10.1. The number of rotatable bonds is 3. The van der Waals surface area contributed by atoms with Crippen LogP contribution in [-0.4, -0.2) is 14.7 Å². The molecule has 3 aromatic rings. The van der Waals surface area contributed by atoms with E-state index in [1.807, 2.05) is 42.5 Å². The van der Waals surface area contributed by atoms with Crippen molar-refractivity contribution in [1.82, 2.24) is 9.59 Å². The van der Waals surface area contributed by atoms with E-state index in [9.17, 15) is 5.11 Å². The Morgan fingerprint density at radius 3 is 2.21 bits per heavy atom. The Bertz CT molecular complexity index is 636. The third-order valence-electron chi connectivity index (χ3n) is 2.99. The summed E-state index contributed by atoms with van der Waals surface area (Å²) >= 11 is 1.24. The van der Waals surface area contributed by atoms with Gasteiger partial charge in [-0.1, -0.05) is 59.1 Å². The Hall–Kier alpha value is -2.04. The second kappa shape index (κ2) is 5.30. The highest BCUT2D eigenvalue weighted by atomic mass is 32.1. The minimum absolute atomic E-state index is 0.595. The van der Waals surface area contributed by atoms with Gasteiger partial charge in [-0.15, -0.1) is 5.10 Å². The molecule has 1 atom stereocenters. The van der Waals surface area contributed by atoms with Gasteiger partial charge in [-0.05, 0) is 28.2 Å². The number of hydrogen-bond donors (Lipinski definition) is 1. The van der Waals surface area contributed by atoms with Gasteiger partial charge in [0.2, 0.25) is 0 Å². The van der Waals surface area contributed by atoms with Crippen molar-refractivity contribution in [3.05, 3.63) is 71.2 Å². The van der Waals surface area contributed by atoms with Crippen molar-refractivity contribution < 1.29 is 5.11 Å². The standard InChI is InChI=1S/C15H12N2OS/c18-15(14-10-19-17-16-14)13-8-6-12(7-9-13)11-4-2-1-3-5-11/h1-10,15,18H. The summed E-state index contributed by atoms with van der Waals surface area (Å²) in [5.41, 5.74) is 3.72. The van der Waals surface area contributed by atoms with Gasteiger partial charge in [-0.25, -0.2) is 0 Å². The van der Waals surface area contributed by atoms with E-state index in [0.717, 1.165) is 11.1 Å². The molecule has 0 saturated heterocycles. The SMILES string of the molecule is OC(c1ccc(-c2ccccc2)cc1)c1csnn1. The number of aromatic nitrogens is 2. The quantitative estimate of drug-likeness (QED) is 0.793. The molecule has 0 spiro atoms. The lowest BCUT2D eigenvalue weighted by molar-refractivity contribution is 0.215. The first-order valence-electron chi connectivity index (χ1n) is 5.95. The van der Waals surface area contributed by atoms with Gasteiger partial charge in [0, 0.05) is 5.38 Å². The van der Waals surface area contributed by atoms with E-state index >= 15 is 0 Å². The van der Waals surface area contributed by atoms with Crippen LogP contribution in [0.15, 0.2) is 60.0 Å². The fourth-order valence-corrected chi connectivity index (χ4v) is 2.42. The minimum atomic E-state index is -0.705. The molecule has 1 heterocycles.